The number of benzene rings is 1. The molecule has 2 aromatic rings. The molecule has 0 saturated carbocycles. The van der Waals surface area contributed by atoms with E-state index >= 15 is 0 Å². The summed E-state index contributed by atoms with van der Waals surface area (Å²) in [7, 11) is -4.06. The number of carbonyl (C=O) groups is 1. The lowest BCUT2D eigenvalue weighted by molar-refractivity contribution is -0.132. The van der Waals surface area contributed by atoms with Crippen molar-refractivity contribution in [3.05, 3.63) is 48.8 Å². The summed E-state index contributed by atoms with van der Waals surface area (Å²) in [4.78, 5) is 21.4. The molecule has 11 heteroatoms. The minimum atomic E-state index is -4.06. The van der Waals surface area contributed by atoms with Gasteiger partial charge in [-0.15, -0.1) is 0 Å². The van der Waals surface area contributed by atoms with Crippen molar-refractivity contribution in [1.29, 1.82) is 0 Å². The van der Waals surface area contributed by atoms with Crippen molar-refractivity contribution in [2.75, 3.05) is 6.54 Å². The van der Waals surface area contributed by atoms with Gasteiger partial charge in [-0.1, -0.05) is 5.16 Å². The first-order valence-electron chi connectivity index (χ1n) is 9.48. The van der Waals surface area contributed by atoms with Crippen LogP contribution in [0.3, 0.4) is 0 Å². The van der Waals surface area contributed by atoms with Gasteiger partial charge in [0.2, 0.25) is 10.0 Å². The predicted molar refractivity (Wildman–Crippen MR) is 111 cm³/mol. The molecule has 1 saturated heterocycles. The van der Waals surface area contributed by atoms with E-state index < -0.39 is 27.6 Å². The molecular formula is C20H24N4O6S. The molecule has 0 unspecified atom stereocenters. The Morgan fingerprint density at radius 3 is 2.35 bits per heavy atom. The summed E-state index contributed by atoms with van der Waals surface area (Å²) in [5, 5.41) is 13.1. The molecule has 0 bridgehead atoms. The molecular weight excluding hydrogens is 424 g/mol. The number of nitrogens with zero attached hydrogens (tertiary/aromatic N) is 3. The van der Waals surface area contributed by atoms with Crippen molar-refractivity contribution in [1.82, 2.24) is 14.8 Å². The van der Waals surface area contributed by atoms with Crippen LogP contribution in [0.25, 0.3) is 0 Å². The highest BCUT2D eigenvalue weighted by Gasteiger charge is 2.43. The van der Waals surface area contributed by atoms with Gasteiger partial charge in [0.15, 0.2) is 0 Å². The number of oxime groups is 1. The molecule has 166 valence electrons. The molecule has 0 aliphatic carbocycles. The Hall–Kier alpha value is -3.02. The molecule has 2 heterocycles. The molecule has 1 aliphatic heterocycles. The Labute approximate surface area is 180 Å². The second-order valence-electron chi connectivity index (χ2n) is 7.86. The number of hydrogen-bond donors (Lipinski definition) is 2. The zero-order valence-corrected chi connectivity index (χ0v) is 18.2. The van der Waals surface area contributed by atoms with Gasteiger partial charge in [0.25, 0.3) is 5.91 Å². The fraction of sp³-hybridized carbons (Fsp3) is 0.350. The summed E-state index contributed by atoms with van der Waals surface area (Å²) in [6.07, 6.45) is 3.16. The van der Waals surface area contributed by atoms with E-state index in [1.54, 1.807) is 45.3 Å². The van der Waals surface area contributed by atoms with Crippen LogP contribution in [-0.2, 0) is 19.7 Å². The molecule has 1 atom stereocenters. The number of rotatable bonds is 6. The van der Waals surface area contributed by atoms with E-state index in [0.29, 0.717) is 17.2 Å². The van der Waals surface area contributed by atoms with E-state index in [1.807, 2.05) is 0 Å². The Kier molecular flexibility index (Phi) is 6.58. The molecule has 10 nitrogen and oxygen atoms in total. The number of hydroxylamine groups is 1. The minimum Gasteiger partial charge on any atom is -0.457 e. The van der Waals surface area contributed by atoms with Crippen LogP contribution in [0.15, 0.2) is 58.8 Å². The third kappa shape index (κ3) is 5.57. The summed E-state index contributed by atoms with van der Waals surface area (Å²) in [5.41, 5.74) is 1.33. The number of hydrogen-bond acceptors (Lipinski definition) is 8. The number of ether oxygens (including phenoxy) is 1. The Morgan fingerprint density at radius 2 is 1.77 bits per heavy atom. The minimum absolute atomic E-state index is 0.00490. The predicted octanol–water partition coefficient (Wildman–Crippen LogP) is 2.31. The van der Waals surface area contributed by atoms with E-state index in [-0.39, 0.29) is 17.9 Å². The van der Waals surface area contributed by atoms with Crippen LogP contribution in [0.1, 0.15) is 27.2 Å². The normalized spacial score (nSPS) is 18.7. The highest BCUT2D eigenvalue weighted by atomic mass is 32.2. The number of sulfonamides is 1. The molecule has 3 rings (SSSR count). The fourth-order valence-corrected chi connectivity index (χ4v) is 4.43. The van der Waals surface area contributed by atoms with Crippen molar-refractivity contribution in [3.8, 4) is 11.5 Å². The van der Waals surface area contributed by atoms with Gasteiger partial charge < -0.3 is 9.57 Å². The van der Waals surface area contributed by atoms with E-state index in [0.717, 1.165) is 4.31 Å². The van der Waals surface area contributed by atoms with Gasteiger partial charge in [0.05, 0.1) is 17.2 Å². The van der Waals surface area contributed by atoms with Crippen LogP contribution in [0.2, 0.25) is 0 Å². The van der Waals surface area contributed by atoms with Crippen LogP contribution in [0.5, 0.6) is 11.5 Å². The SMILES string of the molecule is CC(C)(C)O/N=C1\C[C@H](C(=O)NO)N(S(=O)(=O)c2ccc(Oc3ccncc3)cc2)C1. The maximum absolute atomic E-state index is 13.2. The molecule has 1 aromatic heterocycles. The van der Waals surface area contributed by atoms with Gasteiger partial charge in [0.1, 0.15) is 23.1 Å². The summed E-state index contributed by atoms with van der Waals surface area (Å²) in [6.45, 7) is 5.27. The summed E-state index contributed by atoms with van der Waals surface area (Å²) in [5.74, 6) is 0.156. The van der Waals surface area contributed by atoms with Gasteiger partial charge in [-0.3, -0.25) is 15.0 Å². The average Bonchev–Trinajstić information content (AvgIpc) is 3.18. The highest BCUT2D eigenvalue weighted by molar-refractivity contribution is 7.89. The largest absolute Gasteiger partial charge is 0.457 e. The zero-order valence-electron chi connectivity index (χ0n) is 17.3. The number of pyridine rings is 1. The lowest BCUT2D eigenvalue weighted by Gasteiger charge is -2.21. The summed E-state index contributed by atoms with van der Waals surface area (Å²) >= 11 is 0. The Bertz CT molecular complexity index is 1050. The molecule has 0 spiro atoms. The second-order valence-corrected chi connectivity index (χ2v) is 9.75. The first-order chi connectivity index (χ1) is 14.6. The van der Waals surface area contributed by atoms with E-state index in [1.165, 1.54) is 29.7 Å². The molecule has 1 aromatic carbocycles. The van der Waals surface area contributed by atoms with E-state index in [4.69, 9.17) is 14.8 Å². The van der Waals surface area contributed by atoms with Crippen LogP contribution in [-0.4, -0.2) is 52.7 Å². The molecule has 1 aliphatic rings. The summed E-state index contributed by atoms with van der Waals surface area (Å²) in [6, 6.07) is 8.01. The van der Waals surface area contributed by atoms with Crippen LogP contribution >= 0.6 is 0 Å². The number of carbonyl (C=O) groups excluding carboxylic acids is 1. The third-order valence-corrected chi connectivity index (χ3v) is 6.16. The van der Waals surface area contributed by atoms with Crippen LogP contribution in [0.4, 0.5) is 0 Å². The molecule has 1 fully saturated rings. The molecule has 0 radical (unpaired) electrons. The maximum Gasteiger partial charge on any atom is 0.262 e. The maximum atomic E-state index is 13.2. The van der Waals surface area contributed by atoms with E-state index in [9.17, 15) is 13.2 Å². The van der Waals surface area contributed by atoms with Crippen LogP contribution < -0.4 is 10.2 Å². The van der Waals surface area contributed by atoms with Gasteiger partial charge in [-0.2, -0.15) is 4.31 Å². The second kappa shape index (κ2) is 9.00. The molecule has 2 N–H and O–H groups in total. The Morgan fingerprint density at radius 1 is 1.16 bits per heavy atom. The number of amides is 1. The average molecular weight is 449 g/mol. The van der Waals surface area contributed by atoms with Gasteiger partial charge in [-0.25, -0.2) is 13.9 Å². The smallest absolute Gasteiger partial charge is 0.262 e. The molecule has 31 heavy (non-hydrogen) atoms. The van der Waals surface area contributed by atoms with Crippen molar-refractivity contribution in [3.63, 3.8) is 0 Å². The highest BCUT2D eigenvalue weighted by Crippen LogP contribution is 2.28. The van der Waals surface area contributed by atoms with Gasteiger partial charge >= 0.3 is 0 Å². The zero-order chi connectivity index (χ0) is 22.6. The van der Waals surface area contributed by atoms with Crippen LogP contribution in [0, 0.1) is 0 Å². The van der Waals surface area contributed by atoms with Gasteiger partial charge in [-0.05, 0) is 57.2 Å². The quantitative estimate of drug-likeness (QED) is 0.512. The first-order valence-corrected chi connectivity index (χ1v) is 10.9. The first kappa shape index (κ1) is 22.7. The lowest BCUT2D eigenvalue weighted by atomic mass is 10.2. The van der Waals surface area contributed by atoms with Gasteiger partial charge in [0, 0.05) is 18.8 Å². The number of aromatic nitrogens is 1. The topological polar surface area (TPSA) is 130 Å². The third-order valence-electron chi connectivity index (χ3n) is 4.29. The van der Waals surface area contributed by atoms with Crippen molar-refractivity contribution >= 4 is 21.6 Å². The molecule has 1 amide bonds. The van der Waals surface area contributed by atoms with Crippen molar-refractivity contribution in [2.45, 2.75) is 43.7 Å². The summed E-state index contributed by atoms with van der Waals surface area (Å²) < 4.78 is 33.0. The van der Waals surface area contributed by atoms with Crippen molar-refractivity contribution in [2.24, 2.45) is 5.16 Å². The Balaban J connectivity index is 1.83. The van der Waals surface area contributed by atoms with E-state index in [2.05, 4.69) is 10.1 Å². The standard InChI is InChI=1S/C20H24N4O6S/c1-20(2,3)30-23-14-12-18(19(25)22-26)24(13-14)31(27,28)17-6-4-15(5-7-17)29-16-8-10-21-11-9-16/h4-11,18,26H,12-13H2,1-3H3,(H,22,25)/b23-14+/t18-/m1/s1. The number of nitrogens with one attached hydrogen (secondary N) is 1. The van der Waals surface area contributed by atoms with Crippen molar-refractivity contribution < 1.29 is 28.0 Å². The lowest BCUT2D eigenvalue weighted by Crippen LogP contribution is -2.45. The fourth-order valence-electron chi connectivity index (χ4n) is 2.86. The monoisotopic (exact) mass is 448 g/mol.